The molecule has 3 rings (SSSR count). The summed E-state index contributed by atoms with van der Waals surface area (Å²) in [7, 11) is 0. The van der Waals surface area contributed by atoms with E-state index in [9.17, 15) is 4.79 Å². The SMILES string of the molecule is CCCCOc1ccccc1/C=C1\N=C(c2cccc(C)c2)OC1=O. The van der Waals surface area contributed by atoms with Crippen LogP contribution in [0.15, 0.2) is 59.2 Å². The fourth-order valence-electron chi connectivity index (χ4n) is 2.52. The number of hydrogen-bond acceptors (Lipinski definition) is 4. The summed E-state index contributed by atoms with van der Waals surface area (Å²) >= 11 is 0. The van der Waals surface area contributed by atoms with Crippen LogP contribution < -0.4 is 4.74 Å². The molecule has 1 aliphatic heterocycles. The number of aliphatic imine (C=N–C) groups is 1. The lowest BCUT2D eigenvalue weighted by atomic mass is 10.1. The third-order valence-corrected chi connectivity index (χ3v) is 3.85. The van der Waals surface area contributed by atoms with E-state index < -0.39 is 5.97 Å². The second-order valence-corrected chi connectivity index (χ2v) is 5.95. The Bertz CT molecular complexity index is 837. The van der Waals surface area contributed by atoms with Gasteiger partial charge in [0.25, 0.3) is 0 Å². The van der Waals surface area contributed by atoms with Gasteiger partial charge in [0.05, 0.1) is 6.61 Å². The third kappa shape index (κ3) is 4.15. The molecule has 2 aromatic carbocycles. The van der Waals surface area contributed by atoms with Gasteiger partial charge in [-0.15, -0.1) is 0 Å². The largest absolute Gasteiger partial charge is 0.493 e. The average molecular weight is 335 g/mol. The zero-order valence-electron chi connectivity index (χ0n) is 14.5. The molecule has 0 amide bonds. The Morgan fingerprint density at radius 2 is 2.00 bits per heavy atom. The zero-order valence-corrected chi connectivity index (χ0v) is 14.5. The van der Waals surface area contributed by atoms with Crippen LogP contribution >= 0.6 is 0 Å². The number of aryl methyl sites for hydroxylation is 1. The van der Waals surface area contributed by atoms with Crippen molar-refractivity contribution >= 4 is 17.9 Å². The second kappa shape index (κ2) is 7.79. The number of esters is 1. The summed E-state index contributed by atoms with van der Waals surface area (Å²) in [6.45, 7) is 4.76. The number of carbonyl (C=O) groups excluding carboxylic acids is 1. The van der Waals surface area contributed by atoms with Crippen LogP contribution in [-0.2, 0) is 9.53 Å². The van der Waals surface area contributed by atoms with Gasteiger partial charge in [0.15, 0.2) is 5.70 Å². The molecule has 25 heavy (non-hydrogen) atoms. The smallest absolute Gasteiger partial charge is 0.363 e. The van der Waals surface area contributed by atoms with Gasteiger partial charge < -0.3 is 9.47 Å². The van der Waals surface area contributed by atoms with Crippen molar-refractivity contribution in [2.75, 3.05) is 6.61 Å². The molecule has 0 fully saturated rings. The van der Waals surface area contributed by atoms with Crippen molar-refractivity contribution in [3.63, 3.8) is 0 Å². The minimum Gasteiger partial charge on any atom is -0.493 e. The summed E-state index contributed by atoms with van der Waals surface area (Å²) in [5, 5.41) is 0. The minimum atomic E-state index is -0.445. The molecule has 0 N–H and O–H groups in total. The molecule has 0 aliphatic carbocycles. The number of hydrogen-bond donors (Lipinski definition) is 0. The zero-order chi connectivity index (χ0) is 17.6. The first-order chi connectivity index (χ1) is 12.2. The van der Waals surface area contributed by atoms with Crippen LogP contribution in [-0.4, -0.2) is 18.5 Å². The number of ether oxygens (including phenoxy) is 2. The van der Waals surface area contributed by atoms with Crippen LogP contribution in [0.4, 0.5) is 0 Å². The average Bonchev–Trinajstić information content (AvgIpc) is 2.97. The number of para-hydroxylation sites is 1. The van der Waals surface area contributed by atoms with Gasteiger partial charge in [0.2, 0.25) is 5.90 Å². The lowest BCUT2D eigenvalue weighted by molar-refractivity contribution is -0.129. The molecule has 0 radical (unpaired) electrons. The number of carbonyl (C=O) groups is 1. The number of cyclic esters (lactones) is 1. The van der Waals surface area contributed by atoms with Crippen molar-refractivity contribution < 1.29 is 14.3 Å². The summed E-state index contributed by atoms with van der Waals surface area (Å²) < 4.78 is 11.1. The van der Waals surface area contributed by atoms with Gasteiger partial charge >= 0.3 is 5.97 Å². The molecule has 2 aromatic rings. The van der Waals surface area contributed by atoms with Gasteiger partial charge in [-0.05, 0) is 37.6 Å². The molecule has 0 spiro atoms. The molecule has 0 aromatic heterocycles. The van der Waals surface area contributed by atoms with Crippen molar-refractivity contribution in [2.45, 2.75) is 26.7 Å². The summed E-state index contributed by atoms with van der Waals surface area (Å²) in [5.41, 5.74) is 2.98. The Hall–Kier alpha value is -2.88. The molecule has 0 saturated carbocycles. The van der Waals surface area contributed by atoms with Gasteiger partial charge in [-0.25, -0.2) is 9.79 Å². The van der Waals surface area contributed by atoms with Gasteiger partial charge in [-0.3, -0.25) is 0 Å². The van der Waals surface area contributed by atoms with Gasteiger partial charge in [-0.2, -0.15) is 0 Å². The van der Waals surface area contributed by atoms with E-state index in [4.69, 9.17) is 9.47 Å². The molecule has 1 aliphatic rings. The molecule has 0 saturated heterocycles. The molecule has 128 valence electrons. The van der Waals surface area contributed by atoms with Crippen molar-refractivity contribution in [3.8, 4) is 5.75 Å². The lowest BCUT2D eigenvalue weighted by Crippen LogP contribution is -2.05. The predicted molar refractivity (Wildman–Crippen MR) is 98.6 cm³/mol. The molecular weight excluding hydrogens is 314 g/mol. The van der Waals surface area contributed by atoms with Crippen LogP contribution in [0.25, 0.3) is 6.08 Å². The maximum Gasteiger partial charge on any atom is 0.363 e. The highest BCUT2D eigenvalue weighted by Crippen LogP contribution is 2.25. The van der Waals surface area contributed by atoms with Crippen LogP contribution in [0, 0.1) is 6.92 Å². The van der Waals surface area contributed by atoms with Crippen LogP contribution in [0.3, 0.4) is 0 Å². The van der Waals surface area contributed by atoms with Gasteiger partial charge in [0.1, 0.15) is 5.75 Å². The Labute approximate surface area is 147 Å². The van der Waals surface area contributed by atoms with Crippen LogP contribution in [0.5, 0.6) is 5.75 Å². The van der Waals surface area contributed by atoms with E-state index in [0.717, 1.165) is 35.3 Å². The van der Waals surface area contributed by atoms with Gasteiger partial charge in [-0.1, -0.05) is 49.2 Å². The van der Waals surface area contributed by atoms with Crippen molar-refractivity contribution in [1.82, 2.24) is 0 Å². The molecule has 0 atom stereocenters. The molecule has 0 unspecified atom stereocenters. The van der Waals surface area contributed by atoms with E-state index in [2.05, 4.69) is 11.9 Å². The summed E-state index contributed by atoms with van der Waals surface area (Å²) in [6, 6.07) is 15.3. The topological polar surface area (TPSA) is 47.9 Å². The second-order valence-electron chi connectivity index (χ2n) is 5.95. The Kier molecular flexibility index (Phi) is 5.29. The molecule has 0 bridgehead atoms. The molecule has 4 heteroatoms. The van der Waals surface area contributed by atoms with Crippen LogP contribution in [0.1, 0.15) is 36.5 Å². The predicted octanol–water partition coefficient (Wildman–Crippen LogP) is 4.52. The molecular formula is C21H21NO3. The third-order valence-electron chi connectivity index (χ3n) is 3.85. The monoisotopic (exact) mass is 335 g/mol. The van der Waals surface area contributed by atoms with E-state index in [1.54, 1.807) is 6.08 Å². The summed E-state index contributed by atoms with van der Waals surface area (Å²) in [4.78, 5) is 16.5. The first-order valence-electron chi connectivity index (χ1n) is 8.49. The number of benzene rings is 2. The molecule has 4 nitrogen and oxygen atoms in total. The first kappa shape index (κ1) is 17.0. The molecule has 1 heterocycles. The Balaban J connectivity index is 1.87. The van der Waals surface area contributed by atoms with Gasteiger partial charge in [0, 0.05) is 11.1 Å². The van der Waals surface area contributed by atoms with E-state index in [1.807, 2.05) is 55.5 Å². The van der Waals surface area contributed by atoms with Crippen molar-refractivity contribution in [3.05, 3.63) is 70.9 Å². The maximum atomic E-state index is 12.2. The minimum absolute atomic E-state index is 0.281. The summed E-state index contributed by atoms with van der Waals surface area (Å²) in [6.07, 6.45) is 3.77. The number of unbranched alkanes of at least 4 members (excludes halogenated alkanes) is 1. The van der Waals surface area contributed by atoms with Crippen molar-refractivity contribution in [2.24, 2.45) is 4.99 Å². The fraction of sp³-hybridized carbons (Fsp3) is 0.238. The maximum absolute atomic E-state index is 12.2. The highest BCUT2D eigenvalue weighted by atomic mass is 16.6. The normalized spacial score (nSPS) is 15.2. The summed E-state index contributed by atoms with van der Waals surface area (Å²) in [5.74, 6) is 0.639. The highest BCUT2D eigenvalue weighted by molar-refractivity contribution is 6.13. The quantitative estimate of drug-likeness (QED) is 0.443. The van der Waals surface area contributed by atoms with Crippen molar-refractivity contribution in [1.29, 1.82) is 0 Å². The standard InChI is InChI=1S/C21H21NO3/c1-3-4-12-24-19-11-6-5-9-16(19)14-18-21(23)25-20(22-18)17-10-7-8-15(2)13-17/h5-11,13-14H,3-4,12H2,1-2H3/b18-14-. The van der Waals surface area contributed by atoms with E-state index in [-0.39, 0.29) is 5.70 Å². The lowest BCUT2D eigenvalue weighted by Gasteiger charge is -2.08. The van der Waals surface area contributed by atoms with E-state index in [0.29, 0.717) is 12.5 Å². The Morgan fingerprint density at radius 3 is 2.80 bits per heavy atom. The number of nitrogens with zero attached hydrogens (tertiary/aromatic N) is 1. The first-order valence-corrected chi connectivity index (χ1v) is 8.49. The fourth-order valence-corrected chi connectivity index (χ4v) is 2.52. The van der Waals surface area contributed by atoms with Crippen LogP contribution in [0.2, 0.25) is 0 Å². The Morgan fingerprint density at radius 1 is 1.16 bits per heavy atom. The number of rotatable bonds is 6. The van der Waals surface area contributed by atoms with E-state index >= 15 is 0 Å². The highest BCUT2D eigenvalue weighted by Gasteiger charge is 2.24. The van der Waals surface area contributed by atoms with E-state index in [1.165, 1.54) is 0 Å².